The van der Waals surface area contributed by atoms with E-state index in [1.807, 2.05) is 36.4 Å². The third-order valence-corrected chi connectivity index (χ3v) is 4.36. The van der Waals surface area contributed by atoms with Gasteiger partial charge < -0.3 is 15.4 Å². The van der Waals surface area contributed by atoms with Crippen molar-refractivity contribution >= 4 is 23.0 Å². The lowest BCUT2D eigenvalue weighted by Gasteiger charge is -2.14. The predicted molar refractivity (Wildman–Crippen MR) is 112 cm³/mol. The minimum Gasteiger partial charge on any atom is -0.497 e. The summed E-state index contributed by atoms with van der Waals surface area (Å²) >= 11 is 5.46. The molecular weight excluding hydrogens is 340 g/mol. The molecule has 0 aromatic heterocycles. The standard InChI is InChI=1S/C22H22N2OS/c1-25-20-13-11-18(12-14-20)16-23-22(26)24-21-10-6-5-9-19(21)15-17-7-3-2-4-8-17/h2-14H,15-16H2,1H3,(H2,23,24,26). The van der Waals surface area contributed by atoms with Gasteiger partial charge in [-0.2, -0.15) is 0 Å². The van der Waals surface area contributed by atoms with E-state index in [2.05, 4.69) is 53.1 Å². The molecule has 3 aromatic carbocycles. The number of rotatable bonds is 6. The molecule has 4 heteroatoms. The highest BCUT2D eigenvalue weighted by Gasteiger charge is 2.05. The average Bonchev–Trinajstić information content (AvgIpc) is 2.69. The number of methoxy groups -OCH3 is 1. The van der Waals surface area contributed by atoms with E-state index in [-0.39, 0.29) is 0 Å². The molecule has 0 unspecified atom stereocenters. The number of anilines is 1. The number of thiocarbonyl (C=S) groups is 1. The number of benzene rings is 3. The Balaban J connectivity index is 1.60. The Labute approximate surface area is 160 Å². The Bertz CT molecular complexity index is 848. The van der Waals surface area contributed by atoms with Crippen LogP contribution in [-0.2, 0) is 13.0 Å². The van der Waals surface area contributed by atoms with Crippen molar-refractivity contribution in [1.82, 2.24) is 5.32 Å². The van der Waals surface area contributed by atoms with Gasteiger partial charge in [-0.1, -0.05) is 60.7 Å². The number of hydrogen-bond acceptors (Lipinski definition) is 2. The van der Waals surface area contributed by atoms with Gasteiger partial charge in [0, 0.05) is 12.2 Å². The summed E-state index contributed by atoms with van der Waals surface area (Å²) in [4.78, 5) is 0. The van der Waals surface area contributed by atoms with Crippen LogP contribution in [0, 0.1) is 0 Å². The first kappa shape index (κ1) is 18.0. The molecule has 26 heavy (non-hydrogen) atoms. The van der Waals surface area contributed by atoms with Gasteiger partial charge in [0.2, 0.25) is 0 Å². The Morgan fingerprint density at radius 1 is 0.846 bits per heavy atom. The molecule has 0 heterocycles. The van der Waals surface area contributed by atoms with Crippen molar-refractivity contribution in [1.29, 1.82) is 0 Å². The number of para-hydroxylation sites is 1. The third-order valence-electron chi connectivity index (χ3n) is 4.12. The van der Waals surface area contributed by atoms with Crippen molar-refractivity contribution in [3.63, 3.8) is 0 Å². The molecule has 0 amide bonds. The predicted octanol–water partition coefficient (Wildman–Crippen LogP) is 4.77. The van der Waals surface area contributed by atoms with Gasteiger partial charge in [0.25, 0.3) is 0 Å². The molecule has 0 atom stereocenters. The molecule has 3 nitrogen and oxygen atoms in total. The Kier molecular flexibility index (Phi) is 6.23. The molecule has 0 aliphatic carbocycles. The fourth-order valence-corrected chi connectivity index (χ4v) is 2.89. The smallest absolute Gasteiger partial charge is 0.171 e. The van der Waals surface area contributed by atoms with Crippen LogP contribution in [0.4, 0.5) is 5.69 Å². The van der Waals surface area contributed by atoms with Gasteiger partial charge in [0.15, 0.2) is 5.11 Å². The van der Waals surface area contributed by atoms with Crippen LogP contribution in [0.3, 0.4) is 0 Å². The topological polar surface area (TPSA) is 33.3 Å². The fraction of sp³-hybridized carbons (Fsp3) is 0.136. The summed E-state index contributed by atoms with van der Waals surface area (Å²) in [5.41, 5.74) is 4.67. The lowest BCUT2D eigenvalue weighted by atomic mass is 10.0. The Morgan fingerprint density at radius 2 is 1.54 bits per heavy atom. The second-order valence-corrected chi connectivity index (χ2v) is 6.38. The Morgan fingerprint density at radius 3 is 2.27 bits per heavy atom. The molecule has 3 rings (SSSR count). The zero-order valence-corrected chi connectivity index (χ0v) is 15.6. The number of nitrogens with one attached hydrogen (secondary N) is 2. The van der Waals surface area contributed by atoms with E-state index in [0.717, 1.165) is 23.4 Å². The first-order chi connectivity index (χ1) is 12.7. The Hall–Kier alpha value is -2.85. The second-order valence-electron chi connectivity index (χ2n) is 5.98. The van der Waals surface area contributed by atoms with Gasteiger partial charge >= 0.3 is 0 Å². The van der Waals surface area contributed by atoms with Crippen LogP contribution in [0.15, 0.2) is 78.9 Å². The van der Waals surface area contributed by atoms with Gasteiger partial charge in [0.1, 0.15) is 5.75 Å². The summed E-state index contributed by atoms with van der Waals surface area (Å²) in [6, 6.07) is 26.6. The summed E-state index contributed by atoms with van der Waals surface area (Å²) in [6.07, 6.45) is 0.866. The third kappa shape index (κ3) is 5.07. The molecule has 0 aliphatic heterocycles. The van der Waals surface area contributed by atoms with E-state index < -0.39 is 0 Å². The molecule has 0 fully saturated rings. The molecule has 0 radical (unpaired) electrons. The van der Waals surface area contributed by atoms with Crippen LogP contribution in [-0.4, -0.2) is 12.2 Å². The molecule has 0 aliphatic rings. The molecule has 0 saturated carbocycles. The van der Waals surface area contributed by atoms with Gasteiger partial charge in [-0.3, -0.25) is 0 Å². The van der Waals surface area contributed by atoms with Crippen molar-refractivity contribution < 1.29 is 4.74 Å². The molecular formula is C22H22N2OS. The molecule has 3 aromatic rings. The monoisotopic (exact) mass is 362 g/mol. The van der Waals surface area contributed by atoms with E-state index in [0.29, 0.717) is 11.7 Å². The van der Waals surface area contributed by atoms with Crippen molar-refractivity contribution in [3.8, 4) is 5.75 Å². The SMILES string of the molecule is COc1ccc(CNC(=S)Nc2ccccc2Cc2ccccc2)cc1. The number of ether oxygens (including phenoxy) is 1. The van der Waals surface area contributed by atoms with E-state index >= 15 is 0 Å². The van der Waals surface area contributed by atoms with Gasteiger partial charge in [-0.05, 0) is 53.5 Å². The summed E-state index contributed by atoms with van der Waals surface area (Å²) in [5, 5.41) is 7.19. The highest BCUT2D eigenvalue weighted by Crippen LogP contribution is 2.19. The van der Waals surface area contributed by atoms with Crippen LogP contribution in [0.1, 0.15) is 16.7 Å². The van der Waals surface area contributed by atoms with Crippen LogP contribution < -0.4 is 15.4 Å². The summed E-state index contributed by atoms with van der Waals surface area (Å²) in [6.45, 7) is 0.663. The van der Waals surface area contributed by atoms with E-state index in [9.17, 15) is 0 Å². The van der Waals surface area contributed by atoms with Gasteiger partial charge in [-0.25, -0.2) is 0 Å². The van der Waals surface area contributed by atoms with Crippen molar-refractivity contribution in [2.24, 2.45) is 0 Å². The average molecular weight is 362 g/mol. The largest absolute Gasteiger partial charge is 0.497 e. The second kappa shape index (κ2) is 9.02. The van der Waals surface area contributed by atoms with Gasteiger partial charge in [-0.15, -0.1) is 0 Å². The van der Waals surface area contributed by atoms with Crippen molar-refractivity contribution in [2.75, 3.05) is 12.4 Å². The van der Waals surface area contributed by atoms with Crippen LogP contribution in [0.25, 0.3) is 0 Å². The van der Waals surface area contributed by atoms with E-state index in [1.54, 1.807) is 7.11 Å². The quantitative estimate of drug-likeness (QED) is 0.619. The highest BCUT2D eigenvalue weighted by atomic mass is 32.1. The molecule has 0 spiro atoms. The van der Waals surface area contributed by atoms with Crippen molar-refractivity contribution in [2.45, 2.75) is 13.0 Å². The minimum atomic E-state index is 0.612. The van der Waals surface area contributed by atoms with Crippen molar-refractivity contribution in [3.05, 3.63) is 95.6 Å². The zero-order valence-electron chi connectivity index (χ0n) is 14.7. The first-order valence-electron chi connectivity index (χ1n) is 8.54. The maximum atomic E-state index is 5.46. The van der Waals surface area contributed by atoms with Crippen LogP contribution >= 0.6 is 12.2 Å². The summed E-state index contributed by atoms with van der Waals surface area (Å²) in [5.74, 6) is 0.851. The lowest BCUT2D eigenvalue weighted by molar-refractivity contribution is 0.414. The fourth-order valence-electron chi connectivity index (χ4n) is 2.70. The van der Waals surface area contributed by atoms with Crippen LogP contribution in [0.2, 0.25) is 0 Å². The van der Waals surface area contributed by atoms with Crippen LogP contribution in [0.5, 0.6) is 5.75 Å². The highest BCUT2D eigenvalue weighted by molar-refractivity contribution is 7.80. The molecule has 0 bridgehead atoms. The zero-order chi connectivity index (χ0) is 18.2. The summed E-state index contributed by atoms with van der Waals surface area (Å²) < 4.78 is 5.18. The maximum Gasteiger partial charge on any atom is 0.171 e. The summed E-state index contributed by atoms with van der Waals surface area (Å²) in [7, 11) is 1.67. The first-order valence-corrected chi connectivity index (χ1v) is 8.95. The normalized spacial score (nSPS) is 10.2. The molecule has 132 valence electrons. The van der Waals surface area contributed by atoms with Gasteiger partial charge in [0.05, 0.1) is 7.11 Å². The lowest BCUT2D eigenvalue weighted by Crippen LogP contribution is -2.28. The maximum absolute atomic E-state index is 5.46. The minimum absolute atomic E-state index is 0.612. The number of hydrogen-bond donors (Lipinski definition) is 2. The molecule has 2 N–H and O–H groups in total. The van der Waals surface area contributed by atoms with E-state index in [1.165, 1.54) is 11.1 Å². The van der Waals surface area contributed by atoms with E-state index in [4.69, 9.17) is 17.0 Å². The molecule has 0 saturated heterocycles.